The number of nitrogens with two attached hydrogens (primary N) is 3. The molecule has 0 aliphatic carbocycles. The molecule has 8 nitrogen and oxygen atoms in total. The molecule has 2 rings (SSSR count). The van der Waals surface area contributed by atoms with E-state index in [1.54, 1.807) is 36.1 Å². The lowest BCUT2D eigenvalue weighted by molar-refractivity contribution is -0.135. The Morgan fingerprint density at radius 3 is 2.32 bits per heavy atom. The van der Waals surface area contributed by atoms with Gasteiger partial charge in [0.1, 0.15) is 6.04 Å². The summed E-state index contributed by atoms with van der Waals surface area (Å²) in [5.41, 5.74) is 18.7. The van der Waals surface area contributed by atoms with Crippen molar-refractivity contribution < 1.29 is 14.7 Å². The number of amides is 2. The van der Waals surface area contributed by atoms with E-state index in [2.05, 4.69) is 5.32 Å². The Labute approximate surface area is 166 Å². The number of carbonyl (C=O) groups excluding carboxylic acids is 2. The minimum absolute atomic E-state index is 0.152. The van der Waals surface area contributed by atoms with Gasteiger partial charge in [-0.05, 0) is 56.8 Å². The van der Waals surface area contributed by atoms with E-state index < -0.39 is 12.1 Å². The number of hydrogen-bond acceptors (Lipinski definition) is 6. The van der Waals surface area contributed by atoms with E-state index in [9.17, 15) is 14.7 Å². The fourth-order valence-electron chi connectivity index (χ4n) is 3.48. The van der Waals surface area contributed by atoms with E-state index in [0.29, 0.717) is 38.0 Å². The second-order valence-electron chi connectivity index (χ2n) is 7.61. The van der Waals surface area contributed by atoms with Gasteiger partial charge in [-0.1, -0.05) is 12.1 Å². The highest BCUT2D eigenvalue weighted by molar-refractivity contribution is 5.97. The fraction of sp³-hybridized carbons (Fsp3) is 0.600. The van der Waals surface area contributed by atoms with Crippen LogP contribution in [0.1, 0.15) is 54.6 Å². The molecular formula is C20H33N5O3. The van der Waals surface area contributed by atoms with E-state index in [1.165, 1.54) is 0 Å². The summed E-state index contributed by atoms with van der Waals surface area (Å²) in [6, 6.07) is 5.74. The van der Waals surface area contributed by atoms with E-state index in [4.69, 9.17) is 17.2 Å². The molecule has 1 aliphatic rings. The number of nitrogens with zero attached hydrogens (tertiary/aromatic N) is 1. The lowest BCUT2D eigenvalue weighted by Crippen LogP contribution is -2.58. The Bertz CT molecular complexity index is 640. The third-order valence-corrected chi connectivity index (χ3v) is 5.03. The SMILES string of the molecule is CC(O)c1ccc(C(=O)NC(CCCCN)C(=O)N2C[C@H](N)C[C@H](N)C2)cc1. The summed E-state index contributed by atoms with van der Waals surface area (Å²) in [4.78, 5) is 27.4. The summed E-state index contributed by atoms with van der Waals surface area (Å²) in [5.74, 6) is -0.481. The molecule has 1 aromatic carbocycles. The third-order valence-electron chi connectivity index (χ3n) is 5.03. The van der Waals surface area contributed by atoms with E-state index >= 15 is 0 Å². The van der Waals surface area contributed by atoms with Crippen molar-refractivity contribution in [3.63, 3.8) is 0 Å². The molecule has 0 radical (unpaired) electrons. The van der Waals surface area contributed by atoms with E-state index in [-0.39, 0.29) is 23.9 Å². The number of piperidine rings is 1. The number of nitrogens with one attached hydrogen (secondary N) is 1. The molecule has 2 amide bonds. The molecule has 8 N–H and O–H groups in total. The molecule has 0 bridgehead atoms. The van der Waals surface area contributed by atoms with Gasteiger partial charge in [0.15, 0.2) is 0 Å². The van der Waals surface area contributed by atoms with Gasteiger partial charge in [0.05, 0.1) is 6.10 Å². The molecule has 4 atom stereocenters. The van der Waals surface area contributed by atoms with Crippen molar-refractivity contribution in [2.45, 2.75) is 56.8 Å². The summed E-state index contributed by atoms with van der Waals surface area (Å²) < 4.78 is 0. The van der Waals surface area contributed by atoms with Crippen molar-refractivity contribution in [3.8, 4) is 0 Å². The topological polar surface area (TPSA) is 148 Å². The third kappa shape index (κ3) is 6.27. The van der Waals surface area contributed by atoms with E-state index in [0.717, 1.165) is 18.4 Å². The highest BCUT2D eigenvalue weighted by Gasteiger charge is 2.31. The number of aliphatic hydroxyl groups excluding tert-OH is 1. The number of rotatable bonds is 8. The van der Waals surface area contributed by atoms with Crippen LogP contribution in [0.25, 0.3) is 0 Å². The van der Waals surface area contributed by atoms with Crippen LogP contribution in [-0.4, -0.2) is 59.6 Å². The molecule has 1 heterocycles. The predicted octanol–water partition coefficient (Wildman–Crippen LogP) is -0.146. The van der Waals surface area contributed by atoms with Crippen molar-refractivity contribution in [1.29, 1.82) is 0 Å². The van der Waals surface area contributed by atoms with Crippen LogP contribution in [0.15, 0.2) is 24.3 Å². The first-order valence-electron chi connectivity index (χ1n) is 9.90. The number of likely N-dealkylation sites (tertiary alicyclic amines) is 1. The first kappa shape index (κ1) is 22.3. The van der Waals surface area contributed by atoms with Crippen LogP contribution in [0.3, 0.4) is 0 Å². The van der Waals surface area contributed by atoms with Crippen molar-refractivity contribution >= 4 is 11.8 Å². The van der Waals surface area contributed by atoms with Gasteiger partial charge in [0, 0.05) is 30.7 Å². The number of hydrogen-bond donors (Lipinski definition) is 5. The zero-order chi connectivity index (χ0) is 20.7. The first-order valence-corrected chi connectivity index (χ1v) is 9.90. The maximum atomic E-state index is 13.0. The Kier molecular flexibility index (Phi) is 8.37. The fourth-order valence-corrected chi connectivity index (χ4v) is 3.48. The first-order chi connectivity index (χ1) is 13.3. The van der Waals surface area contributed by atoms with Crippen LogP contribution in [0, 0.1) is 0 Å². The minimum atomic E-state index is -0.645. The maximum absolute atomic E-state index is 13.0. The molecule has 1 saturated heterocycles. The van der Waals surface area contributed by atoms with Crippen molar-refractivity contribution in [2.75, 3.05) is 19.6 Å². The van der Waals surface area contributed by atoms with Crippen LogP contribution in [0.4, 0.5) is 0 Å². The summed E-state index contributed by atoms with van der Waals surface area (Å²) in [6.45, 7) is 3.09. The van der Waals surface area contributed by atoms with Crippen LogP contribution in [-0.2, 0) is 4.79 Å². The molecule has 1 fully saturated rings. The summed E-state index contributed by atoms with van der Waals surface area (Å²) in [5, 5.41) is 12.5. The molecule has 2 unspecified atom stereocenters. The zero-order valence-electron chi connectivity index (χ0n) is 16.5. The monoisotopic (exact) mass is 391 g/mol. The number of benzene rings is 1. The molecule has 156 valence electrons. The normalized spacial score (nSPS) is 21.8. The average Bonchev–Trinajstić information content (AvgIpc) is 2.66. The van der Waals surface area contributed by atoms with Crippen molar-refractivity contribution in [2.24, 2.45) is 17.2 Å². The van der Waals surface area contributed by atoms with E-state index in [1.807, 2.05) is 0 Å². The largest absolute Gasteiger partial charge is 0.389 e. The van der Waals surface area contributed by atoms with Gasteiger partial charge in [-0.15, -0.1) is 0 Å². The summed E-state index contributed by atoms with van der Waals surface area (Å²) in [7, 11) is 0. The summed E-state index contributed by atoms with van der Waals surface area (Å²) >= 11 is 0. The molecule has 28 heavy (non-hydrogen) atoms. The van der Waals surface area contributed by atoms with Gasteiger partial charge in [-0.25, -0.2) is 0 Å². The average molecular weight is 392 g/mol. The van der Waals surface area contributed by atoms with Crippen LogP contribution >= 0.6 is 0 Å². The lowest BCUT2D eigenvalue weighted by Gasteiger charge is -2.36. The minimum Gasteiger partial charge on any atom is -0.389 e. The summed E-state index contributed by atoms with van der Waals surface area (Å²) in [6.07, 6.45) is 2.11. The van der Waals surface area contributed by atoms with Gasteiger partial charge < -0.3 is 32.5 Å². The molecule has 1 aromatic rings. The van der Waals surface area contributed by atoms with Gasteiger partial charge in [-0.2, -0.15) is 0 Å². The van der Waals surface area contributed by atoms with Gasteiger partial charge in [0.2, 0.25) is 5.91 Å². The highest BCUT2D eigenvalue weighted by Crippen LogP contribution is 2.15. The molecule has 0 saturated carbocycles. The Morgan fingerprint density at radius 2 is 1.79 bits per heavy atom. The number of unbranched alkanes of at least 4 members (excludes halogenated alkanes) is 1. The van der Waals surface area contributed by atoms with Gasteiger partial charge in [-0.3, -0.25) is 9.59 Å². The Balaban J connectivity index is 2.08. The predicted molar refractivity (Wildman–Crippen MR) is 108 cm³/mol. The second kappa shape index (κ2) is 10.5. The number of carbonyl (C=O) groups is 2. The molecule has 0 spiro atoms. The second-order valence-corrected chi connectivity index (χ2v) is 7.61. The zero-order valence-corrected chi connectivity index (χ0v) is 16.5. The standard InChI is InChI=1S/C20H33N5O3/c1-13(26)14-5-7-15(8-6-14)19(27)24-18(4-2-3-9-21)20(28)25-11-16(22)10-17(23)12-25/h5-8,13,16-18,26H,2-4,9-12,21-23H2,1H3,(H,24,27)/t13?,16-,17+,18?. The molecule has 1 aliphatic heterocycles. The van der Waals surface area contributed by atoms with Crippen LogP contribution in [0.5, 0.6) is 0 Å². The van der Waals surface area contributed by atoms with Crippen LogP contribution < -0.4 is 22.5 Å². The maximum Gasteiger partial charge on any atom is 0.251 e. The van der Waals surface area contributed by atoms with Gasteiger partial charge >= 0.3 is 0 Å². The highest BCUT2D eigenvalue weighted by atomic mass is 16.3. The Hall–Kier alpha value is -2.00. The smallest absolute Gasteiger partial charge is 0.251 e. The molecule has 8 heteroatoms. The van der Waals surface area contributed by atoms with Crippen LogP contribution in [0.2, 0.25) is 0 Å². The van der Waals surface area contributed by atoms with Crippen molar-refractivity contribution in [3.05, 3.63) is 35.4 Å². The molecule has 0 aromatic heterocycles. The quantitative estimate of drug-likeness (QED) is 0.389. The van der Waals surface area contributed by atoms with Crippen molar-refractivity contribution in [1.82, 2.24) is 10.2 Å². The number of aliphatic hydroxyl groups is 1. The molecular weight excluding hydrogens is 358 g/mol. The Morgan fingerprint density at radius 1 is 1.18 bits per heavy atom. The van der Waals surface area contributed by atoms with Gasteiger partial charge in [0.25, 0.3) is 5.91 Å². The lowest BCUT2D eigenvalue weighted by atomic mass is 10.00.